The zero-order valence-corrected chi connectivity index (χ0v) is 11.7. The Morgan fingerprint density at radius 3 is 2.50 bits per heavy atom. The summed E-state index contributed by atoms with van der Waals surface area (Å²) in [5.74, 6) is -0.742. The quantitative estimate of drug-likeness (QED) is 0.893. The van der Waals surface area contributed by atoms with Crippen molar-refractivity contribution in [3.8, 4) is 0 Å². The van der Waals surface area contributed by atoms with Crippen molar-refractivity contribution in [1.29, 1.82) is 0 Å². The topological polar surface area (TPSA) is 42.2 Å². The summed E-state index contributed by atoms with van der Waals surface area (Å²) in [6, 6.07) is 3.74. The van der Waals surface area contributed by atoms with Gasteiger partial charge >= 0.3 is 5.97 Å². The SMILES string of the molecule is Cc1c(Cl)ccc2c(C(C)C)c(C(=O)O)n(C)c12. The number of nitrogens with zero attached hydrogens (tertiary/aromatic N) is 1. The van der Waals surface area contributed by atoms with Gasteiger partial charge in [-0.1, -0.05) is 31.5 Å². The first-order chi connectivity index (χ1) is 8.36. The molecule has 1 aromatic heterocycles. The number of carboxylic acids is 1. The summed E-state index contributed by atoms with van der Waals surface area (Å²) in [6.45, 7) is 5.93. The first-order valence-corrected chi connectivity index (χ1v) is 6.24. The summed E-state index contributed by atoms with van der Waals surface area (Å²) < 4.78 is 1.73. The van der Waals surface area contributed by atoms with E-state index in [1.54, 1.807) is 11.6 Å². The van der Waals surface area contributed by atoms with Crippen LogP contribution in [-0.2, 0) is 7.05 Å². The lowest BCUT2D eigenvalue weighted by Crippen LogP contribution is -2.08. The van der Waals surface area contributed by atoms with Crippen molar-refractivity contribution in [2.24, 2.45) is 7.05 Å². The number of halogens is 1. The molecule has 18 heavy (non-hydrogen) atoms. The van der Waals surface area contributed by atoms with Crippen molar-refractivity contribution in [3.05, 3.63) is 34.0 Å². The van der Waals surface area contributed by atoms with Crippen LogP contribution in [0.1, 0.15) is 41.4 Å². The molecule has 2 rings (SSSR count). The standard InChI is InChI=1S/C14H16ClNO2/c1-7(2)11-9-5-6-10(15)8(3)12(9)16(4)13(11)14(17)18/h5-7H,1-4H3,(H,17,18). The number of fused-ring (bicyclic) bond motifs is 1. The molecule has 0 unspecified atom stereocenters. The van der Waals surface area contributed by atoms with Crippen molar-refractivity contribution < 1.29 is 9.90 Å². The Kier molecular flexibility index (Phi) is 3.11. The third kappa shape index (κ3) is 1.70. The molecule has 0 bridgehead atoms. The molecular weight excluding hydrogens is 250 g/mol. The van der Waals surface area contributed by atoms with Crippen LogP contribution < -0.4 is 0 Å². The maximum absolute atomic E-state index is 11.5. The molecule has 96 valence electrons. The molecule has 0 saturated carbocycles. The molecule has 1 heterocycles. The Labute approximate surface area is 111 Å². The average Bonchev–Trinajstić information content (AvgIpc) is 2.57. The van der Waals surface area contributed by atoms with Crippen LogP contribution in [0.5, 0.6) is 0 Å². The molecule has 0 atom stereocenters. The number of benzene rings is 1. The van der Waals surface area contributed by atoms with Gasteiger partial charge in [0.05, 0.1) is 5.52 Å². The summed E-state index contributed by atoms with van der Waals surface area (Å²) in [7, 11) is 1.78. The third-order valence-electron chi connectivity index (χ3n) is 3.36. The van der Waals surface area contributed by atoms with E-state index in [1.165, 1.54) is 0 Å². The van der Waals surface area contributed by atoms with Gasteiger partial charge in [0, 0.05) is 17.5 Å². The van der Waals surface area contributed by atoms with Crippen LogP contribution in [0.25, 0.3) is 10.9 Å². The summed E-state index contributed by atoms with van der Waals surface area (Å²) in [4.78, 5) is 11.5. The van der Waals surface area contributed by atoms with Crippen LogP contribution in [0.15, 0.2) is 12.1 Å². The molecule has 0 aliphatic heterocycles. The summed E-state index contributed by atoms with van der Waals surface area (Å²) in [5.41, 5.74) is 3.06. The molecular formula is C14H16ClNO2. The number of carbonyl (C=O) groups is 1. The summed E-state index contributed by atoms with van der Waals surface area (Å²) in [5, 5.41) is 11.0. The van der Waals surface area contributed by atoms with E-state index in [1.807, 2.05) is 32.9 Å². The first-order valence-electron chi connectivity index (χ1n) is 5.87. The second kappa shape index (κ2) is 4.32. The predicted octanol–water partition coefficient (Wildman–Crippen LogP) is 3.96. The fraction of sp³-hybridized carbons (Fsp3) is 0.357. The Morgan fingerprint density at radius 1 is 1.39 bits per heavy atom. The maximum atomic E-state index is 11.5. The number of aromatic carboxylic acids is 1. The highest BCUT2D eigenvalue weighted by Gasteiger charge is 2.23. The Balaban J connectivity index is 3.01. The molecule has 0 aliphatic carbocycles. The second-order valence-corrected chi connectivity index (χ2v) is 5.26. The number of hydrogen-bond acceptors (Lipinski definition) is 1. The van der Waals surface area contributed by atoms with Crippen LogP contribution >= 0.6 is 11.6 Å². The van der Waals surface area contributed by atoms with Crippen LogP contribution in [0.2, 0.25) is 5.02 Å². The van der Waals surface area contributed by atoms with Crippen LogP contribution in [0.3, 0.4) is 0 Å². The van der Waals surface area contributed by atoms with Gasteiger partial charge in [-0.2, -0.15) is 0 Å². The number of aromatic nitrogens is 1. The smallest absolute Gasteiger partial charge is 0.352 e. The van der Waals surface area contributed by atoms with Gasteiger partial charge in [0.25, 0.3) is 0 Å². The Hall–Kier alpha value is -1.48. The van der Waals surface area contributed by atoms with Crippen molar-refractivity contribution >= 4 is 28.5 Å². The monoisotopic (exact) mass is 265 g/mol. The lowest BCUT2D eigenvalue weighted by atomic mass is 9.98. The van der Waals surface area contributed by atoms with Crippen LogP contribution in [0, 0.1) is 6.92 Å². The van der Waals surface area contributed by atoms with Gasteiger partial charge in [0.15, 0.2) is 0 Å². The molecule has 1 aromatic carbocycles. The summed E-state index contributed by atoms with van der Waals surface area (Å²) in [6.07, 6.45) is 0. The van der Waals surface area contributed by atoms with Crippen molar-refractivity contribution in [1.82, 2.24) is 4.57 Å². The van der Waals surface area contributed by atoms with Gasteiger partial charge < -0.3 is 9.67 Å². The molecule has 0 radical (unpaired) electrons. The van der Waals surface area contributed by atoms with E-state index in [0.29, 0.717) is 10.7 Å². The Morgan fingerprint density at radius 2 is 2.00 bits per heavy atom. The molecule has 0 saturated heterocycles. The third-order valence-corrected chi connectivity index (χ3v) is 3.77. The van der Waals surface area contributed by atoms with E-state index in [9.17, 15) is 9.90 Å². The number of aryl methyl sites for hydroxylation is 2. The van der Waals surface area contributed by atoms with Gasteiger partial charge in [-0.05, 0) is 30.0 Å². The number of hydrogen-bond donors (Lipinski definition) is 1. The van der Waals surface area contributed by atoms with E-state index in [4.69, 9.17) is 11.6 Å². The van der Waals surface area contributed by atoms with E-state index in [2.05, 4.69) is 0 Å². The number of rotatable bonds is 2. The van der Waals surface area contributed by atoms with Gasteiger partial charge in [-0.15, -0.1) is 0 Å². The highest BCUT2D eigenvalue weighted by Crippen LogP contribution is 2.35. The van der Waals surface area contributed by atoms with E-state index < -0.39 is 5.97 Å². The zero-order chi connectivity index (χ0) is 13.6. The number of carboxylic acid groups (broad SMARTS) is 1. The minimum absolute atomic E-state index is 0.153. The molecule has 0 spiro atoms. The lowest BCUT2D eigenvalue weighted by molar-refractivity contribution is 0.0685. The molecule has 3 nitrogen and oxygen atoms in total. The minimum atomic E-state index is -0.895. The van der Waals surface area contributed by atoms with Crippen LogP contribution in [-0.4, -0.2) is 15.6 Å². The maximum Gasteiger partial charge on any atom is 0.352 e. The van der Waals surface area contributed by atoms with E-state index in [-0.39, 0.29) is 5.92 Å². The largest absolute Gasteiger partial charge is 0.477 e. The Bertz CT molecular complexity index is 641. The van der Waals surface area contributed by atoms with E-state index >= 15 is 0 Å². The highest BCUT2D eigenvalue weighted by molar-refractivity contribution is 6.32. The van der Waals surface area contributed by atoms with Gasteiger partial charge in [-0.25, -0.2) is 4.79 Å². The molecule has 0 amide bonds. The zero-order valence-electron chi connectivity index (χ0n) is 10.9. The lowest BCUT2D eigenvalue weighted by Gasteiger charge is -2.06. The molecule has 1 N–H and O–H groups in total. The minimum Gasteiger partial charge on any atom is -0.477 e. The average molecular weight is 266 g/mol. The van der Waals surface area contributed by atoms with Crippen molar-refractivity contribution in [2.45, 2.75) is 26.7 Å². The predicted molar refractivity (Wildman–Crippen MR) is 73.7 cm³/mol. The van der Waals surface area contributed by atoms with Crippen LogP contribution in [0.4, 0.5) is 0 Å². The fourth-order valence-electron chi connectivity index (χ4n) is 2.59. The second-order valence-electron chi connectivity index (χ2n) is 4.85. The van der Waals surface area contributed by atoms with Crippen molar-refractivity contribution in [2.75, 3.05) is 0 Å². The van der Waals surface area contributed by atoms with Gasteiger partial charge in [0.2, 0.25) is 0 Å². The summed E-state index contributed by atoms with van der Waals surface area (Å²) >= 11 is 6.12. The molecule has 0 aliphatic rings. The molecule has 0 fully saturated rings. The van der Waals surface area contributed by atoms with E-state index in [0.717, 1.165) is 22.0 Å². The van der Waals surface area contributed by atoms with Gasteiger partial charge in [-0.3, -0.25) is 0 Å². The van der Waals surface area contributed by atoms with Gasteiger partial charge in [0.1, 0.15) is 5.69 Å². The fourth-order valence-corrected chi connectivity index (χ4v) is 2.74. The molecule has 4 heteroatoms. The molecule has 2 aromatic rings. The van der Waals surface area contributed by atoms with Crippen molar-refractivity contribution in [3.63, 3.8) is 0 Å². The highest BCUT2D eigenvalue weighted by atomic mass is 35.5. The normalized spacial score (nSPS) is 11.4. The first kappa shape index (κ1) is 13.0.